The minimum absolute atomic E-state index is 0.202. The molecule has 0 amide bonds. The van der Waals surface area contributed by atoms with Crippen LogP contribution in [-0.2, 0) is 18.9 Å². The monoisotopic (exact) mass is 512 g/mol. The van der Waals surface area contributed by atoms with Gasteiger partial charge < -0.3 is 18.9 Å². The maximum atomic E-state index is 6.28. The molecule has 0 spiro atoms. The van der Waals surface area contributed by atoms with Crippen molar-refractivity contribution < 1.29 is 18.9 Å². The molecule has 0 N–H and O–H groups in total. The van der Waals surface area contributed by atoms with Gasteiger partial charge in [-0.1, -0.05) is 143 Å². The first kappa shape index (κ1) is 35.1. The second-order valence-electron chi connectivity index (χ2n) is 10.4. The zero-order valence-corrected chi connectivity index (χ0v) is 25.0. The van der Waals surface area contributed by atoms with Crippen LogP contribution < -0.4 is 0 Å². The van der Waals surface area contributed by atoms with Crippen molar-refractivity contribution in [1.29, 1.82) is 0 Å². The highest BCUT2D eigenvalue weighted by Crippen LogP contribution is 2.20. The van der Waals surface area contributed by atoms with Gasteiger partial charge in [-0.2, -0.15) is 0 Å². The van der Waals surface area contributed by atoms with Crippen LogP contribution in [0.1, 0.15) is 168 Å². The second kappa shape index (κ2) is 30.3. The van der Waals surface area contributed by atoms with E-state index in [9.17, 15) is 0 Å². The fraction of sp³-hybridized carbons (Fsp3) is 0.938. The summed E-state index contributed by atoms with van der Waals surface area (Å²) in [6.07, 6.45) is 29.3. The van der Waals surface area contributed by atoms with E-state index in [1.807, 2.05) is 0 Å². The van der Waals surface area contributed by atoms with E-state index >= 15 is 0 Å². The molecule has 4 nitrogen and oxygen atoms in total. The van der Waals surface area contributed by atoms with E-state index in [1.165, 1.54) is 122 Å². The smallest absolute Gasteiger partial charge is 0.321 e. The number of hydrogen-bond acceptors (Lipinski definition) is 4. The van der Waals surface area contributed by atoms with Crippen molar-refractivity contribution in [2.24, 2.45) is 0 Å². The van der Waals surface area contributed by atoms with Crippen molar-refractivity contribution in [3.63, 3.8) is 0 Å². The number of methoxy groups -OCH3 is 1. The molecule has 0 saturated heterocycles. The van der Waals surface area contributed by atoms with E-state index in [-0.39, 0.29) is 6.79 Å². The molecule has 4 heteroatoms. The van der Waals surface area contributed by atoms with Gasteiger partial charge in [-0.15, -0.1) is 0 Å². The lowest BCUT2D eigenvalue weighted by Crippen LogP contribution is -2.09. The van der Waals surface area contributed by atoms with Crippen molar-refractivity contribution in [2.75, 3.05) is 27.1 Å². The molecule has 0 heterocycles. The topological polar surface area (TPSA) is 36.9 Å². The average molecular weight is 513 g/mol. The van der Waals surface area contributed by atoms with E-state index in [4.69, 9.17) is 18.9 Å². The summed E-state index contributed by atoms with van der Waals surface area (Å²) in [6.45, 7) is 8.46. The summed E-state index contributed by atoms with van der Waals surface area (Å²) in [5.74, 6) is 1.46. The van der Waals surface area contributed by atoms with E-state index < -0.39 is 0 Å². The molecule has 0 aliphatic rings. The summed E-state index contributed by atoms with van der Waals surface area (Å²) in [5.41, 5.74) is 0. The van der Waals surface area contributed by atoms with Gasteiger partial charge in [0.25, 0.3) is 0 Å². The predicted molar refractivity (Wildman–Crippen MR) is 155 cm³/mol. The highest BCUT2D eigenvalue weighted by molar-refractivity contribution is 4.95. The minimum Gasteiger partial charge on any atom is -0.491 e. The van der Waals surface area contributed by atoms with Gasteiger partial charge in [0.1, 0.15) is 0 Å². The van der Waals surface area contributed by atoms with Gasteiger partial charge in [0.2, 0.25) is 0 Å². The Morgan fingerprint density at radius 3 is 1.25 bits per heavy atom. The summed E-state index contributed by atoms with van der Waals surface area (Å²) in [7, 11) is 1.66. The SMILES string of the molecule is CCCCCCCCCCOC(CCCCCCCC)=C(OCCCCCCCCCC)OCOC. The molecule has 216 valence electrons. The van der Waals surface area contributed by atoms with Gasteiger partial charge in [-0.3, -0.25) is 0 Å². The van der Waals surface area contributed by atoms with Crippen LogP contribution in [0.15, 0.2) is 11.7 Å². The van der Waals surface area contributed by atoms with Gasteiger partial charge in [0.05, 0.1) is 13.2 Å². The molecule has 0 radical (unpaired) electrons. The van der Waals surface area contributed by atoms with E-state index in [0.29, 0.717) is 12.6 Å². The van der Waals surface area contributed by atoms with Crippen molar-refractivity contribution >= 4 is 0 Å². The molecule has 0 fully saturated rings. The van der Waals surface area contributed by atoms with Gasteiger partial charge >= 0.3 is 5.95 Å². The summed E-state index contributed by atoms with van der Waals surface area (Å²) < 4.78 is 23.5. The Labute approximate surface area is 226 Å². The van der Waals surface area contributed by atoms with Crippen LogP contribution >= 0.6 is 0 Å². The Bertz CT molecular complexity index is 449. The molecule has 0 aromatic heterocycles. The lowest BCUT2D eigenvalue weighted by molar-refractivity contribution is -0.0692. The molecule has 0 bridgehead atoms. The molecule has 0 unspecified atom stereocenters. The number of rotatable bonds is 30. The molecule has 0 aliphatic heterocycles. The van der Waals surface area contributed by atoms with E-state index in [1.54, 1.807) is 7.11 Å². The number of ether oxygens (including phenoxy) is 4. The van der Waals surface area contributed by atoms with E-state index in [2.05, 4.69) is 20.8 Å². The highest BCUT2D eigenvalue weighted by Gasteiger charge is 2.13. The summed E-state index contributed by atoms with van der Waals surface area (Å²) in [6, 6.07) is 0. The Morgan fingerprint density at radius 2 is 0.806 bits per heavy atom. The van der Waals surface area contributed by atoms with Crippen molar-refractivity contribution in [1.82, 2.24) is 0 Å². The van der Waals surface area contributed by atoms with Crippen molar-refractivity contribution in [3.8, 4) is 0 Å². The van der Waals surface area contributed by atoms with Crippen LogP contribution in [0.4, 0.5) is 0 Å². The average Bonchev–Trinajstić information content (AvgIpc) is 2.89. The summed E-state index contributed by atoms with van der Waals surface area (Å²) in [4.78, 5) is 0. The Hall–Kier alpha value is -0.900. The van der Waals surface area contributed by atoms with Crippen LogP contribution in [0.2, 0.25) is 0 Å². The Morgan fingerprint density at radius 1 is 0.417 bits per heavy atom. The summed E-state index contributed by atoms with van der Waals surface area (Å²) in [5, 5.41) is 0. The minimum atomic E-state index is 0.202. The maximum absolute atomic E-state index is 6.28. The number of hydrogen-bond donors (Lipinski definition) is 0. The molecule has 36 heavy (non-hydrogen) atoms. The van der Waals surface area contributed by atoms with Crippen molar-refractivity contribution in [3.05, 3.63) is 11.7 Å². The molecule has 0 aromatic rings. The Kier molecular flexibility index (Phi) is 29.6. The fourth-order valence-electron chi connectivity index (χ4n) is 4.45. The first-order chi connectivity index (χ1) is 17.8. The maximum Gasteiger partial charge on any atom is 0.321 e. The fourth-order valence-corrected chi connectivity index (χ4v) is 4.45. The standard InChI is InChI=1S/C32H64O4/c1-5-8-11-14-17-19-22-25-28-34-31(27-24-21-16-13-10-7-3)32(36-30-33-4)35-29-26-23-20-18-15-12-9-6-2/h5-30H2,1-4H3. The zero-order valence-electron chi connectivity index (χ0n) is 25.0. The third kappa shape index (κ3) is 24.8. The number of unbranched alkanes of at least 4 members (excludes halogenated alkanes) is 19. The summed E-state index contributed by atoms with van der Waals surface area (Å²) >= 11 is 0. The van der Waals surface area contributed by atoms with Crippen molar-refractivity contribution in [2.45, 2.75) is 168 Å². The van der Waals surface area contributed by atoms with Crippen LogP contribution in [0.25, 0.3) is 0 Å². The van der Waals surface area contributed by atoms with Crippen LogP contribution in [-0.4, -0.2) is 27.1 Å². The van der Waals surface area contributed by atoms with Gasteiger partial charge in [0, 0.05) is 13.5 Å². The molecular weight excluding hydrogens is 448 g/mol. The molecule has 0 aromatic carbocycles. The highest BCUT2D eigenvalue weighted by atomic mass is 16.7. The lowest BCUT2D eigenvalue weighted by atomic mass is 10.1. The molecule has 0 saturated carbocycles. The third-order valence-electron chi connectivity index (χ3n) is 6.80. The molecular formula is C32H64O4. The van der Waals surface area contributed by atoms with Gasteiger partial charge in [0.15, 0.2) is 12.6 Å². The van der Waals surface area contributed by atoms with Gasteiger partial charge in [-0.25, -0.2) is 0 Å². The normalized spacial score (nSPS) is 12.0. The Balaban J connectivity index is 4.56. The first-order valence-electron chi connectivity index (χ1n) is 15.9. The largest absolute Gasteiger partial charge is 0.491 e. The predicted octanol–water partition coefficient (Wildman–Crippen LogP) is 10.8. The van der Waals surface area contributed by atoms with Crippen LogP contribution in [0.5, 0.6) is 0 Å². The van der Waals surface area contributed by atoms with E-state index in [0.717, 1.165) is 38.0 Å². The third-order valence-corrected chi connectivity index (χ3v) is 6.80. The quantitative estimate of drug-likeness (QED) is 0.0544. The zero-order chi connectivity index (χ0) is 26.4. The number of allylic oxidation sites excluding steroid dienone is 1. The van der Waals surface area contributed by atoms with Crippen LogP contribution in [0.3, 0.4) is 0 Å². The second-order valence-corrected chi connectivity index (χ2v) is 10.4. The van der Waals surface area contributed by atoms with Crippen LogP contribution in [0, 0.1) is 0 Å². The first-order valence-corrected chi connectivity index (χ1v) is 15.9. The molecule has 0 atom stereocenters. The molecule has 0 aliphatic carbocycles. The van der Waals surface area contributed by atoms with Gasteiger partial charge in [-0.05, 0) is 19.3 Å². The lowest BCUT2D eigenvalue weighted by Gasteiger charge is -2.17. The molecule has 0 rings (SSSR count).